The fourth-order valence-corrected chi connectivity index (χ4v) is 2.22. The lowest BCUT2D eigenvalue weighted by molar-refractivity contribution is 0.0569. The summed E-state index contributed by atoms with van der Waals surface area (Å²) < 4.78 is 0. The number of aryl methyl sites for hydroxylation is 1. The molecule has 2 rings (SSSR count). The number of amides is 1. The van der Waals surface area contributed by atoms with E-state index in [1.807, 2.05) is 11.8 Å². The quantitative estimate of drug-likeness (QED) is 0.818. The van der Waals surface area contributed by atoms with Crippen molar-refractivity contribution in [1.29, 1.82) is 0 Å². The molecule has 1 unspecified atom stereocenters. The topological polar surface area (TPSA) is 43.8 Å². The molecule has 1 heterocycles. The number of carbonyl (C=O) groups is 1. The van der Waals surface area contributed by atoms with Gasteiger partial charge in [-0.25, -0.2) is 0 Å². The predicted molar refractivity (Wildman–Crippen MR) is 70.8 cm³/mol. The van der Waals surface area contributed by atoms with E-state index >= 15 is 0 Å². The first-order valence-corrected chi connectivity index (χ1v) is 6.28. The van der Waals surface area contributed by atoms with Crippen LogP contribution in [0.4, 0.5) is 0 Å². The molecule has 4 heteroatoms. The van der Waals surface area contributed by atoms with E-state index < -0.39 is 0 Å². The highest BCUT2D eigenvalue weighted by molar-refractivity contribution is 5.97. The van der Waals surface area contributed by atoms with Gasteiger partial charge >= 0.3 is 0 Å². The summed E-state index contributed by atoms with van der Waals surface area (Å²) >= 11 is 0. The predicted octanol–water partition coefficient (Wildman–Crippen LogP) is 1.48. The Bertz CT molecular complexity index is 459. The molecule has 18 heavy (non-hydrogen) atoms. The number of hydrogen-bond acceptors (Lipinski definition) is 3. The smallest absolute Gasteiger partial charge is 0.257 e. The van der Waals surface area contributed by atoms with E-state index in [4.69, 9.17) is 0 Å². The maximum absolute atomic E-state index is 12.4. The van der Waals surface area contributed by atoms with E-state index in [1.165, 1.54) is 0 Å². The highest BCUT2D eigenvalue weighted by Gasteiger charge is 2.26. The number of phenols is 1. The van der Waals surface area contributed by atoms with E-state index in [2.05, 4.69) is 18.9 Å². The third-order valence-electron chi connectivity index (χ3n) is 3.63. The lowest BCUT2D eigenvalue weighted by atomic mass is 10.1. The van der Waals surface area contributed by atoms with Crippen LogP contribution in [0, 0.1) is 6.92 Å². The summed E-state index contributed by atoms with van der Waals surface area (Å²) in [4.78, 5) is 16.4. The van der Waals surface area contributed by atoms with Gasteiger partial charge in [0, 0.05) is 25.7 Å². The highest BCUT2D eigenvalue weighted by Crippen LogP contribution is 2.21. The number of aromatic hydroxyl groups is 1. The highest BCUT2D eigenvalue weighted by atomic mass is 16.3. The van der Waals surface area contributed by atoms with Crippen molar-refractivity contribution < 1.29 is 9.90 Å². The summed E-state index contributed by atoms with van der Waals surface area (Å²) in [7, 11) is 2.07. The van der Waals surface area contributed by atoms with E-state index in [9.17, 15) is 9.90 Å². The number of rotatable bonds is 1. The minimum absolute atomic E-state index is 0.0668. The second-order valence-corrected chi connectivity index (χ2v) is 5.10. The minimum Gasteiger partial charge on any atom is -0.507 e. The van der Waals surface area contributed by atoms with Crippen molar-refractivity contribution in [3.05, 3.63) is 29.3 Å². The Morgan fingerprint density at radius 1 is 1.39 bits per heavy atom. The molecule has 1 aromatic rings. The second-order valence-electron chi connectivity index (χ2n) is 5.10. The molecule has 1 N–H and O–H groups in total. The Morgan fingerprint density at radius 3 is 2.78 bits per heavy atom. The molecule has 1 atom stereocenters. The van der Waals surface area contributed by atoms with Gasteiger partial charge in [-0.3, -0.25) is 4.79 Å². The maximum atomic E-state index is 12.4. The van der Waals surface area contributed by atoms with Crippen molar-refractivity contribution in [2.45, 2.75) is 19.9 Å². The van der Waals surface area contributed by atoms with Crippen LogP contribution in [0.1, 0.15) is 22.8 Å². The van der Waals surface area contributed by atoms with E-state index in [1.54, 1.807) is 18.2 Å². The molecular weight excluding hydrogens is 228 g/mol. The molecule has 0 bridgehead atoms. The number of piperazine rings is 1. The molecule has 1 aliphatic rings. The average Bonchev–Trinajstić information content (AvgIpc) is 2.35. The number of hydrogen-bond donors (Lipinski definition) is 1. The average molecular weight is 248 g/mol. The van der Waals surface area contributed by atoms with Gasteiger partial charge in [0.1, 0.15) is 5.75 Å². The Hall–Kier alpha value is -1.55. The molecule has 1 aliphatic heterocycles. The Balaban J connectivity index is 2.19. The lowest BCUT2D eigenvalue weighted by Gasteiger charge is -2.37. The monoisotopic (exact) mass is 248 g/mol. The zero-order valence-corrected chi connectivity index (χ0v) is 11.2. The van der Waals surface area contributed by atoms with Crippen LogP contribution in [-0.2, 0) is 0 Å². The van der Waals surface area contributed by atoms with Crippen LogP contribution in [-0.4, -0.2) is 53.5 Å². The summed E-state index contributed by atoms with van der Waals surface area (Å²) in [6.07, 6.45) is 0. The third-order valence-corrected chi connectivity index (χ3v) is 3.63. The summed E-state index contributed by atoms with van der Waals surface area (Å²) in [5, 5.41) is 9.80. The first-order valence-electron chi connectivity index (χ1n) is 6.28. The van der Waals surface area contributed by atoms with Crippen molar-refractivity contribution in [2.24, 2.45) is 0 Å². The van der Waals surface area contributed by atoms with Gasteiger partial charge in [0.2, 0.25) is 0 Å². The molecule has 1 saturated heterocycles. The third kappa shape index (κ3) is 2.48. The first-order chi connectivity index (χ1) is 8.49. The largest absolute Gasteiger partial charge is 0.507 e. The van der Waals surface area contributed by atoms with Gasteiger partial charge in [0.25, 0.3) is 5.91 Å². The fourth-order valence-electron chi connectivity index (χ4n) is 2.22. The Morgan fingerprint density at radius 2 is 2.11 bits per heavy atom. The molecule has 0 spiro atoms. The fraction of sp³-hybridized carbons (Fsp3) is 0.500. The van der Waals surface area contributed by atoms with Gasteiger partial charge in [0.05, 0.1) is 5.56 Å². The second kappa shape index (κ2) is 4.98. The van der Waals surface area contributed by atoms with Gasteiger partial charge < -0.3 is 14.9 Å². The van der Waals surface area contributed by atoms with Crippen LogP contribution in [0.2, 0.25) is 0 Å². The summed E-state index contributed by atoms with van der Waals surface area (Å²) in [5.74, 6) is -0.00617. The van der Waals surface area contributed by atoms with Crippen molar-refractivity contribution in [3.8, 4) is 5.75 Å². The van der Waals surface area contributed by atoms with Crippen LogP contribution >= 0.6 is 0 Å². The van der Waals surface area contributed by atoms with Crippen LogP contribution in [0.3, 0.4) is 0 Å². The summed E-state index contributed by atoms with van der Waals surface area (Å²) in [6.45, 7) is 6.33. The number of nitrogens with zero attached hydrogens (tertiary/aromatic N) is 2. The Labute approximate surface area is 108 Å². The summed E-state index contributed by atoms with van der Waals surface area (Å²) in [6, 6.07) is 5.50. The van der Waals surface area contributed by atoms with Gasteiger partial charge in [-0.05, 0) is 33.0 Å². The van der Waals surface area contributed by atoms with Crippen molar-refractivity contribution in [2.75, 3.05) is 26.7 Å². The molecule has 1 aromatic carbocycles. The molecule has 4 nitrogen and oxygen atoms in total. The van der Waals surface area contributed by atoms with Crippen molar-refractivity contribution in [1.82, 2.24) is 9.80 Å². The van der Waals surface area contributed by atoms with Crippen LogP contribution < -0.4 is 0 Å². The maximum Gasteiger partial charge on any atom is 0.257 e. The van der Waals surface area contributed by atoms with Gasteiger partial charge in [-0.1, -0.05) is 11.6 Å². The minimum atomic E-state index is -0.0730. The number of benzene rings is 1. The molecular formula is C14H20N2O2. The molecule has 0 saturated carbocycles. The molecule has 0 aromatic heterocycles. The summed E-state index contributed by atoms with van der Waals surface area (Å²) in [5.41, 5.74) is 1.39. The number of carbonyl (C=O) groups excluding carboxylic acids is 1. The molecule has 0 aliphatic carbocycles. The van der Waals surface area contributed by atoms with Gasteiger partial charge in [-0.2, -0.15) is 0 Å². The molecule has 98 valence electrons. The standard InChI is InChI=1S/C14H20N2O2/c1-10-4-5-13(17)12(8-10)14(18)16-7-6-15(3)11(2)9-16/h4-5,8,11,17H,6-7,9H2,1-3H3. The van der Waals surface area contributed by atoms with Crippen molar-refractivity contribution in [3.63, 3.8) is 0 Å². The Kier molecular flexibility index (Phi) is 3.57. The van der Waals surface area contributed by atoms with E-state index in [0.29, 0.717) is 24.7 Å². The molecule has 1 fully saturated rings. The first kappa shape index (κ1) is 12.9. The van der Waals surface area contributed by atoms with Crippen LogP contribution in [0.25, 0.3) is 0 Å². The van der Waals surface area contributed by atoms with Gasteiger partial charge in [0.15, 0.2) is 0 Å². The van der Waals surface area contributed by atoms with E-state index in [0.717, 1.165) is 12.1 Å². The molecule has 0 radical (unpaired) electrons. The van der Waals surface area contributed by atoms with Crippen LogP contribution in [0.15, 0.2) is 18.2 Å². The zero-order valence-electron chi connectivity index (χ0n) is 11.2. The SMILES string of the molecule is Cc1ccc(O)c(C(=O)N2CCN(C)C(C)C2)c1. The normalized spacial score (nSPS) is 21.1. The van der Waals surface area contributed by atoms with Crippen LogP contribution in [0.5, 0.6) is 5.75 Å². The van der Waals surface area contributed by atoms with Crippen molar-refractivity contribution >= 4 is 5.91 Å². The molecule has 1 amide bonds. The van der Waals surface area contributed by atoms with Gasteiger partial charge in [-0.15, -0.1) is 0 Å². The lowest BCUT2D eigenvalue weighted by Crippen LogP contribution is -2.52. The van der Waals surface area contributed by atoms with E-state index in [-0.39, 0.29) is 11.7 Å². The zero-order chi connectivity index (χ0) is 13.3. The number of likely N-dealkylation sites (N-methyl/N-ethyl adjacent to an activating group) is 1. The number of phenolic OH excluding ortho intramolecular Hbond substituents is 1.